The number of aryl methyl sites for hydroxylation is 1. The molecule has 4 rings (SSSR count). The molecule has 8 nitrogen and oxygen atoms in total. The van der Waals surface area contributed by atoms with Crippen molar-refractivity contribution in [3.8, 4) is 5.69 Å². The Bertz CT molecular complexity index is 1050. The van der Waals surface area contributed by atoms with E-state index in [9.17, 15) is 14.7 Å². The van der Waals surface area contributed by atoms with Crippen LogP contribution in [-0.2, 0) is 22.6 Å². The number of benzene rings is 2. The number of carboxylic acids is 1. The number of carbonyl (C=O) groups is 2. The molecule has 2 aromatic carbocycles. The first-order valence-electron chi connectivity index (χ1n) is 9.10. The summed E-state index contributed by atoms with van der Waals surface area (Å²) in [6, 6.07) is 14.5. The number of tetrazole rings is 1. The van der Waals surface area contributed by atoms with E-state index < -0.39 is 12.0 Å². The second-order valence-corrected chi connectivity index (χ2v) is 7.79. The van der Waals surface area contributed by atoms with Crippen molar-refractivity contribution in [1.29, 1.82) is 0 Å². The van der Waals surface area contributed by atoms with Gasteiger partial charge in [-0.3, -0.25) is 4.79 Å². The molecule has 2 heterocycles. The molecule has 148 valence electrons. The lowest BCUT2D eigenvalue weighted by molar-refractivity contribution is -0.150. The van der Waals surface area contributed by atoms with Crippen LogP contribution in [0.3, 0.4) is 0 Å². The zero-order valence-corrected chi connectivity index (χ0v) is 16.5. The highest BCUT2D eigenvalue weighted by Crippen LogP contribution is 2.26. The number of hydrogen-bond acceptors (Lipinski definition) is 6. The number of amides is 1. The number of rotatable bonds is 5. The summed E-state index contributed by atoms with van der Waals surface area (Å²) in [6.07, 6.45) is 0.309. The summed E-state index contributed by atoms with van der Waals surface area (Å²) in [5, 5.41) is 21.8. The molecule has 1 aromatic heterocycles. The molecule has 1 aliphatic heterocycles. The van der Waals surface area contributed by atoms with Crippen LogP contribution in [0, 0.1) is 6.92 Å². The molecule has 0 saturated carbocycles. The molecule has 1 aliphatic rings. The van der Waals surface area contributed by atoms with Gasteiger partial charge in [0.05, 0.1) is 11.4 Å². The van der Waals surface area contributed by atoms with Crippen molar-refractivity contribution >= 4 is 23.6 Å². The molecule has 0 unspecified atom stereocenters. The summed E-state index contributed by atoms with van der Waals surface area (Å²) >= 11 is 1.19. The van der Waals surface area contributed by atoms with Gasteiger partial charge in [0.1, 0.15) is 6.04 Å². The van der Waals surface area contributed by atoms with E-state index in [1.54, 1.807) is 4.68 Å². The van der Waals surface area contributed by atoms with E-state index in [1.165, 1.54) is 16.7 Å². The molecule has 0 radical (unpaired) electrons. The van der Waals surface area contributed by atoms with E-state index in [0.717, 1.165) is 22.4 Å². The van der Waals surface area contributed by atoms with Gasteiger partial charge in [-0.2, -0.15) is 4.68 Å². The molecule has 0 spiro atoms. The van der Waals surface area contributed by atoms with Crippen LogP contribution in [0.15, 0.2) is 53.7 Å². The lowest BCUT2D eigenvalue weighted by Crippen LogP contribution is -2.49. The van der Waals surface area contributed by atoms with Crippen molar-refractivity contribution in [2.24, 2.45) is 0 Å². The second kappa shape index (κ2) is 8.04. The van der Waals surface area contributed by atoms with Crippen LogP contribution in [0.4, 0.5) is 0 Å². The highest BCUT2D eigenvalue weighted by Gasteiger charge is 2.34. The highest BCUT2D eigenvalue weighted by atomic mass is 32.2. The summed E-state index contributed by atoms with van der Waals surface area (Å²) < 4.78 is 1.57. The van der Waals surface area contributed by atoms with Gasteiger partial charge in [-0.25, -0.2) is 4.79 Å². The van der Waals surface area contributed by atoms with Gasteiger partial charge >= 0.3 is 5.97 Å². The molecule has 1 N–H and O–H groups in total. The summed E-state index contributed by atoms with van der Waals surface area (Å²) in [6.45, 7) is 2.28. The van der Waals surface area contributed by atoms with Gasteiger partial charge in [-0.05, 0) is 40.6 Å². The van der Waals surface area contributed by atoms with Crippen molar-refractivity contribution in [1.82, 2.24) is 25.1 Å². The molecule has 0 fully saturated rings. The Morgan fingerprint density at radius 2 is 1.86 bits per heavy atom. The van der Waals surface area contributed by atoms with Gasteiger partial charge in [0, 0.05) is 13.0 Å². The van der Waals surface area contributed by atoms with Crippen LogP contribution in [0.25, 0.3) is 5.69 Å². The van der Waals surface area contributed by atoms with Crippen molar-refractivity contribution in [3.63, 3.8) is 0 Å². The van der Waals surface area contributed by atoms with Crippen LogP contribution in [0.1, 0.15) is 16.7 Å². The molecule has 3 aromatic rings. The van der Waals surface area contributed by atoms with Crippen molar-refractivity contribution in [2.75, 3.05) is 5.75 Å². The first-order valence-corrected chi connectivity index (χ1v) is 10.1. The molecule has 29 heavy (non-hydrogen) atoms. The fourth-order valence-corrected chi connectivity index (χ4v) is 4.11. The lowest BCUT2D eigenvalue weighted by atomic mass is 9.94. The van der Waals surface area contributed by atoms with E-state index >= 15 is 0 Å². The number of thioether (sulfide) groups is 1. The minimum atomic E-state index is -0.998. The van der Waals surface area contributed by atoms with Gasteiger partial charge < -0.3 is 10.0 Å². The van der Waals surface area contributed by atoms with Gasteiger partial charge in [-0.1, -0.05) is 53.7 Å². The maximum absolute atomic E-state index is 12.9. The second-order valence-electron chi connectivity index (χ2n) is 6.85. The fourth-order valence-electron chi connectivity index (χ4n) is 3.33. The number of carboxylic acid groups (broad SMARTS) is 1. The van der Waals surface area contributed by atoms with Gasteiger partial charge in [-0.15, -0.1) is 5.10 Å². The number of hydrogen-bond donors (Lipinski definition) is 1. The minimum Gasteiger partial charge on any atom is -0.480 e. The fraction of sp³-hybridized carbons (Fsp3) is 0.250. The molecule has 0 saturated heterocycles. The summed E-state index contributed by atoms with van der Waals surface area (Å²) in [5.74, 6) is -1.20. The van der Waals surface area contributed by atoms with E-state index in [2.05, 4.69) is 15.5 Å². The number of fused-ring (bicyclic) bond motifs is 1. The Kier molecular flexibility index (Phi) is 5.30. The van der Waals surface area contributed by atoms with E-state index in [0.29, 0.717) is 11.6 Å². The molecule has 1 amide bonds. The summed E-state index contributed by atoms with van der Waals surface area (Å²) in [7, 11) is 0. The van der Waals surface area contributed by atoms with Crippen LogP contribution >= 0.6 is 11.8 Å². The number of aromatic nitrogens is 4. The zero-order chi connectivity index (χ0) is 20.4. The molecule has 0 aliphatic carbocycles. The predicted octanol–water partition coefficient (Wildman–Crippen LogP) is 2.10. The molecule has 1 atom stereocenters. The molecule has 9 heteroatoms. The van der Waals surface area contributed by atoms with Crippen molar-refractivity contribution in [3.05, 3.63) is 65.2 Å². The van der Waals surface area contributed by atoms with Crippen molar-refractivity contribution in [2.45, 2.75) is 31.1 Å². The van der Waals surface area contributed by atoms with Gasteiger partial charge in [0.15, 0.2) is 0 Å². The standard InChI is InChI=1S/C20H19N5O3S/c1-13-6-8-16(9-7-13)25-20(21-22-23-25)29-12-18(26)24-11-15-5-3-2-4-14(15)10-17(24)19(27)28/h2-9,17H,10-12H2,1H3,(H,27,28)/t17-/m1/s1. The van der Waals surface area contributed by atoms with Gasteiger partial charge in [0.25, 0.3) is 0 Å². The Balaban J connectivity index is 1.49. The molecule has 0 bridgehead atoms. The Labute approximate surface area is 171 Å². The van der Waals surface area contributed by atoms with Gasteiger partial charge in [0.2, 0.25) is 11.1 Å². The van der Waals surface area contributed by atoms with E-state index in [1.807, 2.05) is 55.5 Å². The number of aliphatic carboxylic acids is 1. The average Bonchev–Trinajstić information content (AvgIpc) is 3.20. The number of nitrogens with zero attached hydrogens (tertiary/aromatic N) is 5. The van der Waals surface area contributed by atoms with Crippen molar-refractivity contribution < 1.29 is 14.7 Å². The third-order valence-corrected chi connectivity index (χ3v) is 5.80. The SMILES string of the molecule is Cc1ccc(-n2nnnc2SCC(=O)N2Cc3ccccc3C[C@@H]2C(=O)O)cc1. The topological polar surface area (TPSA) is 101 Å². The zero-order valence-electron chi connectivity index (χ0n) is 15.7. The summed E-state index contributed by atoms with van der Waals surface area (Å²) in [5.41, 5.74) is 3.87. The minimum absolute atomic E-state index is 0.0538. The lowest BCUT2D eigenvalue weighted by Gasteiger charge is -2.34. The first-order chi connectivity index (χ1) is 14.0. The quantitative estimate of drug-likeness (QED) is 0.644. The highest BCUT2D eigenvalue weighted by molar-refractivity contribution is 7.99. The number of carbonyl (C=O) groups excluding carboxylic acids is 1. The Hall–Kier alpha value is -3.20. The monoisotopic (exact) mass is 409 g/mol. The molecular formula is C20H19N5O3S. The largest absolute Gasteiger partial charge is 0.480 e. The van der Waals surface area contributed by atoms with Crippen LogP contribution in [0.5, 0.6) is 0 Å². The predicted molar refractivity (Wildman–Crippen MR) is 107 cm³/mol. The first kappa shape index (κ1) is 19.1. The maximum Gasteiger partial charge on any atom is 0.326 e. The third-order valence-electron chi connectivity index (χ3n) is 4.90. The Morgan fingerprint density at radius 3 is 2.59 bits per heavy atom. The van der Waals surface area contributed by atoms with E-state index in [-0.39, 0.29) is 18.2 Å². The third kappa shape index (κ3) is 4.00. The Morgan fingerprint density at radius 1 is 1.14 bits per heavy atom. The summed E-state index contributed by atoms with van der Waals surface area (Å²) in [4.78, 5) is 26.0. The smallest absolute Gasteiger partial charge is 0.326 e. The maximum atomic E-state index is 12.9. The van der Waals surface area contributed by atoms with Crippen LogP contribution in [-0.4, -0.2) is 53.9 Å². The average molecular weight is 409 g/mol. The normalized spacial score (nSPS) is 15.8. The van der Waals surface area contributed by atoms with Crippen LogP contribution in [0.2, 0.25) is 0 Å². The van der Waals surface area contributed by atoms with Crippen LogP contribution < -0.4 is 0 Å². The molecular weight excluding hydrogens is 390 g/mol. The van der Waals surface area contributed by atoms with E-state index in [4.69, 9.17) is 0 Å².